The van der Waals surface area contributed by atoms with Gasteiger partial charge in [-0.3, -0.25) is 4.79 Å². The van der Waals surface area contributed by atoms with Crippen molar-refractivity contribution in [3.8, 4) is 0 Å². The predicted molar refractivity (Wildman–Crippen MR) is 75.1 cm³/mol. The Labute approximate surface area is 120 Å². The summed E-state index contributed by atoms with van der Waals surface area (Å²) in [4.78, 5) is 24.6. The second kappa shape index (κ2) is 5.71. The Morgan fingerprint density at radius 2 is 1.85 bits per heavy atom. The van der Waals surface area contributed by atoms with Gasteiger partial charge in [-0.25, -0.2) is 13.2 Å². The SMILES string of the molecule is CC1CCN(C(=O)CS(=O)(=O)C(C)(C)C)C(C(=O)O)C1. The van der Waals surface area contributed by atoms with Crippen molar-refractivity contribution >= 4 is 21.7 Å². The molecule has 0 aromatic carbocycles. The van der Waals surface area contributed by atoms with Crippen LogP contribution in [0.2, 0.25) is 0 Å². The number of sulfone groups is 1. The van der Waals surface area contributed by atoms with E-state index in [0.717, 1.165) is 0 Å². The fraction of sp³-hybridized carbons (Fsp3) is 0.846. The average molecular weight is 305 g/mol. The molecule has 1 amide bonds. The fourth-order valence-electron chi connectivity index (χ4n) is 2.14. The van der Waals surface area contributed by atoms with Crippen molar-refractivity contribution in [1.82, 2.24) is 4.90 Å². The molecule has 6 nitrogen and oxygen atoms in total. The molecule has 0 bridgehead atoms. The van der Waals surface area contributed by atoms with Gasteiger partial charge in [-0.1, -0.05) is 6.92 Å². The molecule has 2 unspecified atom stereocenters. The number of nitrogens with zero attached hydrogens (tertiary/aromatic N) is 1. The van der Waals surface area contributed by atoms with Crippen molar-refractivity contribution in [2.75, 3.05) is 12.3 Å². The number of carbonyl (C=O) groups excluding carboxylic acids is 1. The van der Waals surface area contributed by atoms with Gasteiger partial charge in [0.2, 0.25) is 5.91 Å². The fourth-order valence-corrected chi connectivity index (χ4v) is 3.06. The number of carboxylic acid groups (broad SMARTS) is 1. The van der Waals surface area contributed by atoms with Crippen LogP contribution in [0, 0.1) is 5.92 Å². The average Bonchev–Trinajstić information content (AvgIpc) is 2.26. The molecule has 1 saturated heterocycles. The first-order chi connectivity index (χ1) is 8.95. The molecule has 2 atom stereocenters. The molecule has 1 heterocycles. The van der Waals surface area contributed by atoms with Gasteiger partial charge in [0.15, 0.2) is 9.84 Å². The Morgan fingerprint density at radius 3 is 2.30 bits per heavy atom. The Morgan fingerprint density at radius 1 is 1.30 bits per heavy atom. The van der Waals surface area contributed by atoms with Crippen LogP contribution in [-0.4, -0.2) is 53.4 Å². The minimum absolute atomic E-state index is 0.222. The molecule has 0 radical (unpaired) electrons. The number of rotatable bonds is 3. The maximum absolute atomic E-state index is 12.2. The van der Waals surface area contributed by atoms with Crippen molar-refractivity contribution in [3.05, 3.63) is 0 Å². The van der Waals surface area contributed by atoms with E-state index in [1.165, 1.54) is 25.7 Å². The monoisotopic (exact) mass is 305 g/mol. The summed E-state index contributed by atoms with van der Waals surface area (Å²) >= 11 is 0. The van der Waals surface area contributed by atoms with Crippen LogP contribution < -0.4 is 0 Å². The largest absolute Gasteiger partial charge is 0.480 e. The number of hydrogen-bond acceptors (Lipinski definition) is 4. The van der Waals surface area contributed by atoms with Gasteiger partial charge < -0.3 is 10.0 Å². The highest BCUT2D eigenvalue weighted by molar-refractivity contribution is 7.93. The second-order valence-corrected chi connectivity index (χ2v) is 9.19. The van der Waals surface area contributed by atoms with Crippen LogP contribution in [0.3, 0.4) is 0 Å². The number of likely N-dealkylation sites (tertiary alicyclic amines) is 1. The van der Waals surface area contributed by atoms with Gasteiger partial charge in [0.25, 0.3) is 0 Å². The maximum atomic E-state index is 12.2. The maximum Gasteiger partial charge on any atom is 0.326 e. The normalized spacial score (nSPS) is 24.5. The van der Waals surface area contributed by atoms with Crippen LogP contribution in [0.4, 0.5) is 0 Å². The molecule has 1 aliphatic heterocycles. The zero-order chi connectivity index (χ0) is 15.7. The summed E-state index contributed by atoms with van der Waals surface area (Å²) in [5.74, 6) is -2.09. The Balaban J connectivity index is 2.88. The zero-order valence-corrected chi connectivity index (χ0v) is 13.2. The molecule has 20 heavy (non-hydrogen) atoms. The van der Waals surface area contributed by atoms with Crippen LogP contribution in [0.1, 0.15) is 40.5 Å². The van der Waals surface area contributed by atoms with Gasteiger partial charge in [0.05, 0.1) is 4.75 Å². The van der Waals surface area contributed by atoms with E-state index in [1.54, 1.807) is 0 Å². The van der Waals surface area contributed by atoms with Crippen molar-refractivity contribution in [3.63, 3.8) is 0 Å². The highest BCUT2D eigenvalue weighted by atomic mass is 32.2. The first-order valence-corrected chi connectivity index (χ1v) is 8.35. The van der Waals surface area contributed by atoms with Gasteiger partial charge in [0, 0.05) is 6.54 Å². The minimum atomic E-state index is -3.59. The van der Waals surface area contributed by atoms with Crippen molar-refractivity contribution in [2.45, 2.75) is 51.3 Å². The molecule has 0 saturated carbocycles. The second-order valence-electron chi connectivity index (χ2n) is 6.44. The van der Waals surface area contributed by atoms with Crippen molar-refractivity contribution < 1.29 is 23.1 Å². The Hall–Kier alpha value is -1.11. The number of carbonyl (C=O) groups is 2. The van der Waals surface area contributed by atoms with Crippen LogP contribution in [-0.2, 0) is 19.4 Å². The lowest BCUT2D eigenvalue weighted by Gasteiger charge is -2.36. The molecule has 116 valence electrons. The van der Waals surface area contributed by atoms with Gasteiger partial charge in [-0.2, -0.15) is 0 Å². The molecule has 1 rings (SSSR count). The summed E-state index contributed by atoms with van der Waals surface area (Å²) in [5.41, 5.74) is 0. The number of carboxylic acids is 1. The molecular weight excluding hydrogens is 282 g/mol. The third kappa shape index (κ3) is 3.71. The van der Waals surface area contributed by atoms with Crippen molar-refractivity contribution in [2.24, 2.45) is 5.92 Å². The van der Waals surface area contributed by atoms with Crippen LogP contribution in [0.25, 0.3) is 0 Å². The number of piperidine rings is 1. The number of amides is 1. The van der Waals surface area contributed by atoms with E-state index in [4.69, 9.17) is 0 Å². The lowest BCUT2D eigenvalue weighted by atomic mass is 9.92. The van der Waals surface area contributed by atoms with E-state index in [1.807, 2.05) is 6.92 Å². The Kier molecular flexibility index (Phi) is 4.84. The topological polar surface area (TPSA) is 91.8 Å². The van der Waals surface area contributed by atoms with E-state index in [9.17, 15) is 23.1 Å². The summed E-state index contributed by atoms with van der Waals surface area (Å²) in [6, 6.07) is -0.915. The molecule has 0 spiro atoms. The van der Waals surface area contributed by atoms with E-state index in [0.29, 0.717) is 19.4 Å². The predicted octanol–water partition coefficient (Wildman–Crippen LogP) is 0.911. The molecule has 0 aromatic rings. The molecule has 0 aromatic heterocycles. The lowest BCUT2D eigenvalue weighted by molar-refractivity contribution is -0.152. The third-order valence-electron chi connectivity index (χ3n) is 3.72. The quantitative estimate of drug-likeness (QED) is 0.837. The molecule has 1 fully saturated rings. The Bertz CT molecular complexity index is 491. The smallest absolute Gasteiger partial charge is 0.326 e. The highest BCUT2D eigenvalue weighted by Crippen LogP contribution is 2.24. The highest BCUT2D eigenvalue weighted by Gasteiger charge is 2.38. The number of aliphatic carboxylic acids is 1. The lowest BCUT2D eigenvalue weighted by Crippen LogP contribution is -2.52. The molecule has 7 heteroatoms. The van der Waals surface area contributed by atoms with Crippen LogP contribution >= 0.6 is 0 Å². The first-order valence-electron chi connectivity index (χ1n) is 6.70. The van der Waals surface area contributed by atoms with E-state index in [2.05, 4.69) is 0 Å². The minimum Gasteiger partial charge on any atom is -0.480 e. The molecule has 0 aliphatic carbocycles. The van der Waals surface area contributed by atoms with Crippen LogP contribution in [0.15, 0.2) is 0 Å². The van der Waals surface area contributed by atoms with Crippen molar-refractivity contribution in [1.29, 1.82) is 0 Å². The van der Waals surface area contributed by atoms with Gasteiger partial charge >= 0.3 is 5.97 Å². The standard InChI is InChI=1S/C13H23NO5S/c1-9-5-6-14(10(7-9)12(16)17)11(15)8-20(18,19)13(2,3)4/h9-10H,5-8H2,1-4H3,(H,16,17). The molecule has 1 N–H and O–H groups in total. The summed E-state index contributed by atoms with van der Waals surface area (Å²) in [6.07, 6.45) is 1.07. The number of hydrogen-bond donors (Lipinski definition) is 1. The van der Waals surface area contributed by atoms with Gasteiger partial charge in [-0.05, 0) is 39.5 Å². The van der Waals surface area contributed by atoms with E-state index < -0.39 is 38.3 Å². The van der Waals surface area contributed by atoms with Gasteiger partial charge in [0.1, 0.15) is 11.8 Å². The zero-order valence-electron chi connectivity index (χ0n) is 12.4. The van der Waals surface area contributed by atoms with Crippen LogP contribution in [0.5, 0.6) is 0 Å². The summed E-state index contributed by atoms with van der Waals surface area (Å²) in [6.45, 7) is 6.83. The van der Waals surface area contributed by atoms with E-state index in [-0.39, 0.29) is 5.92 Å². The third-order valence-corrected chi connectivity index (χ3v) is 6.21. The van der Waals surface area contributed by atoms with Gasteiger partial charge in [-0.15, -0.1) is 0 Å². The summed E-state index contributed by atoms with van der Waals surface area (Å²) < 4.78 is 23.1. The molecule has 1 aliphatic rings. The van der Waals surface area contributed by atoms with E-state index >= 15 is 0 Å². The summed E-state index contributed by atoms with van der Waals surface area (Å²) in [7, 11) is -3.59. The summed E-state index contributed by atoms with van der Waals surface area (Å²) in [5, 5.41) is 9.19. The first kappa shape index (κ1) is 16.9. The molecular formula is C13H23NO5S.